The molecule has 0 spiro atoms. The molecule has 0 unspecified atom stereocenters. The molecular formula is C9H7BrClN3S. The fraction of sp³-hybridized carbons (Fsp3) is 0.111. The molecule has 2 rings (SSSR count). The summed E-state index contributed by atoms with van der Waals surface area (Å²) in [6.45, 7) is 2.03. The number of hydrogen-bond acceptors (Lipinski definition) is 4. The molecule has 0 atom stereocenters. The molecule has 1 aromatic heterocycles. The van der Waals surface area contributed by atoms with Crippen LogP contribution in [0, 0.1) is 6.92 Å². The fourth-order valence-corrected chi connectivity index (χ4v) is 2.34. The van der Waals surface area contributed by atoms with Crippen molar-refractivity contribution in [1.29, 1.82) is 0 Å². The number of benzene rings is 1. The fourth-order valence-electron chi connectivity index (χ4n) is 1.10. The van der Waals surface area contributed by atoms with Crippen LogP contribution in [0.5, 0.6) is 0 Å². The van der Waals surface area contributed by atoms with Crippen LogP contribution in [-0.4, -0.2) is 8.75 Å². The van der Waals surface area contributed by atoms with Gasteiger partial charge in [-0.3, -0.25) is 0 Å². The van der Waals surface area contributed by atoms with Crippen molar-refractivity contribution < 1.29 is 0 Å². The average Bonchev–Trinajstić information content (AvgIpc) is 2.57. The number of anilines is 2. The Bertz CT molecular complexity index is 486. The SMILES string of the molecule is Cc1ccc(Nc2nsnc2Cl)c(Br)c1. The molecule has 0 aliphatic rings. The molecule has 0 aliphatic carbocycles. The quantitative estimate of drug-likeness (QED) is 0.911. The Morgan fingerprint density at radius 3 is 2.80 bits per heavy atom. The van der Waals surface area contributed by atoms with E-state index in [2.05, 4.69) is 30.0 Å². The smallest absolute Gasteiger partial charge is 0.187 e. The van der Waals surface area contributed by atoms with Gasteiger partial charge in [0, 0.05) is 4.47 Å². The van der Waals surface area contributed by atoms with Gasteiger partial charge < -0.3 is 5.32 Å². The summed E-state index contributed by atoms with van der Waals surface area (Å²) in [7, 11) is 0. The maximum absolute atomic E-state index is 5.83. The molecule has 15 heavy (non-hydrogen) atoms. The van der Waals surface area contributed by atoms with Gasteiger partial charge in [0.1, 0.15) is 0 Å². The van der Waals surface area contributed by atoms with Crippen molar-refractivity contribution in [2.75, 3.05) is 5.32 Å². The zero-order valence-corrected chi connectivity index (χ0v) is 10.9. The first-order valence-corrected chi connectivity index (χ1v) is 6.08. The lowest BCUT2D eigenvalue weighted by Crippen LogP contribution is -1.92. The minimum atomic E-state index is 0.396. The predicted octanol–water partition coefficient (Wildman–Crippen LogP) is 4.01. The van der Waals surface area contributed by atoms with Crippen LogP contribution in [-0.2, 0) is 0 Å². The first kappa shape index (κ1) is 10.9. The van der Waals surface area contributed by atoms with E-state index in [9.17, 15) is 0 Å². The van der Waals surface area contributed by atoms with E-state index in [1.54, 1.807) is 0 Å². The summed E-state index contributed by atoms with van der Waals surface area (Å²) in [6.07, 6.45) is 0. The zero-order chi connectivity index (χ0) is 10.8. The lowest BCUT2D eigenvalue weighted by atomic mass is 10.2. The summed E-state index contributed by atoms with van der Waals surface area (Å²) in [6, 6.07) is 6.01. The van der Waals surface area contributed by atoms with Crippen molar-refractivity contribution in [3.63, 3.8) is 0 Å². The molecule has 0 aliphatic heterocycles. The summed E-state index contributed by atoms with van der Waals surface area (Å²) in [5, 5.41) is 3.50. The summed E-state index contributed by atoms with van der Waals surface area (Å²) in [5.41, 5.74) is 2.12. The second-order valence-electron chi connectivity index (χ2n) is 3.01. The molecule has 1 heterocycles. The van der Waals surface area contributed by atoms with Crippen LogP contribution >= 0.6 is 39.3 Å². The van der Waals surface area contributed by atoms with E-state index in [1.165, 1.54) is 5.56 Å². The Hall–Kier alpha value is -0.650. The van der Waals surface area contributed by atoms with Crippen LogP contribution in [0.3, 0.4) is 0 Å². The number of aryl methyl sites for hydroxylation is 1. The molecule has 0 amide bonds. The highest BCUT2D eigenvalue weighted by atomic mass is 79.9. The lowest BCUT2D eigenvalue weighted by molar-refractivity contribution is 1.40. The molecule has 0 fully saturated rings. The monoisotopic (exact) mass is 303 g/mol. The van der Waals surface area contributed by atoms with E-state index in [-0.39, 0.29) is 0 Å². The Balaban J connectivity index is 2.29. The summed E-state index contributed by atoms with van der Waals surface area (Å²) < 4.78 is 8.90. The van der Waals surface area contributed by atoms with Crippen molar-refractivity contribution in [2.45, 2.75) is 6.92 Å². The van der Waals surface area contributed by atoms with Gasteiger partial charge in [0.15, 0.2) is 11.0 Å². The highest BCUT2D eigenvalue weighted by molar-refractivity contribution is 9.10. The second kappa shape index (κ2) is 4.47. The van der Waals surface area contributed by atoms with Gasteiger partial charge in [-0.05, 0) is 40.5 Å². The second-order valence-corrected chi connectivity index (χ2v) is 4.75. The number of aromatic nitrogens is 2. The van der Waals surface area contributed by atoms with E-state index >= 15 is 0 Å². The molecule has 78 valence electrons. The zero-order valence-electron chi connectivity index (χ0n) is 7.79. The van der Waals surface area contributed by atoms with Gasteiger partial charge in [-0.25, -0.2) is 0 Å². The number of hydrogen-bond donors (Lipinski definition) is 1. The minimum absolute atomic E-state index is 0.396. The van der Waals surface area contributed by atoms with Gasteiger partial charge in [0.05, 0.1) is 17.4 Å². The van der Waals surface area contributed by atoms with E-state index in [0.717, 1.165) is 21.9 Å². The van der Waals surface area contributed by atoms with Crippen LogP contribution in [0.15, 0.2) is 22.7 Å². The molecule has 2 aromatic rings. The molecule has 1 aromatic carbocycles. The number of rotatable bonds is 2. The molecule has 1 N–H and O–H groups in total. The lowest BCUT2D eigenvalue weighted by Gasteiger charge is -2.06. The standard InChI is InChI=1S/C9H7BrClN3S/c1-5-2-3-7(6(10)4-5)12-9-8(11)13-15-14-9/h2-4H,1H3,(H,12,14). The van der Waals surface area contributed by atoms with Crippen molar-refractivity contribution in [3.05, 3.63) is 33.4 Å². The number of nitrogens with zero attached hydrogens (tertiary/aromatic N) is 2. The highest BCUT2D eigenvalue weighted by Gasteiger charge is 2.07. The largest absolute Gasteiger partial charge is 0.336 e. The van der Waals surface area contributed by atoms with Crippen molar-refractivity contribution >= 4 is 50.8 Å². The summed E-state index contributed by atoms with van der Waals surface area (Å²) in [4.78, 5) is 0. The molecule has 6 heteroatoms. The first-order valence-electron chi connectivity index (χ1n) is 4.18. The van der Waals surface area contributed by atoms with Crippen molar-refractivity contribution in [3.8, 4) is 0 Å². The van der Waals surface area contributed by atoms with Gasteiger partial charge in [-0.2, -0.15) is 8.75 Å². The first-order chi connectivity index (χ1) is 7.16. The Morgan fingerprint density at radius 1 is 1.40 bits per heavy atom. The Kier molecular flexibility index (Phi) is 3.23. The van der Waals surface area contributed by atoms with Gasteiger partial charge >= 0.3 is 0 Å². The average molecular weight is 305 g/mol. The third-order valence-corrected chi connectivity index (χ3v) is 3.37. The van der Waals surface area contributed by atoms with Gasteiger partial charge in [-0.1, -0.05) is 17.7 Å². The minimum Gasteiger partial charge on any atom is -0.336 e. The topological polar surface area (TPSA) is 37.8 Å². The van der Waals surface area contributed by atoms with E-state index < -0.39 is 0 Å². The maximum Gasteiger partial charge on any atom is 0.187 e. The number of nitrogens with one attached hydrogen (secondary N) is 1. The maximum atomic E-state index is 5.83. The van der Waals surface area contributed by atoms with Crippen LogP contribution in [0.2, 0.25) is 5.15 Å². The highest BCUT2D eigenvalue weighted by Crippen LogP contribution is 2.28. The van der Waals surface area contributed by atoms with Gasteiger partial charge in [0.2, 0.25) is 0 Å². The molecule has 0 radical (unpaired) electrons. The van der Waals surface area contributed by atoms with Gasteiger partial charge in [-0.15, -0.1) is 0 Å². The molecule has 0 saturated carbocycles. The summed E-state index contributed by atoms with van der Waals surface area (Å²) in [5.74, 6) is 0.589. The Morgan fingerprint density at radius 2 is 2.20 bits per heavy atom. The van der Waals surface area contributed by atoms with Gasteiger partial charge in [0.25, 0.3) is 0 Å². The molecule has 0 bridgehead atoms. The van der Waals surface area contributed by atoms with E-state index in [1.807, 2.05) is 25.1 Å². The molecule has 0 saturated heterocycles. The number of halogens is 2. The van der Waals surface area contributed by atoms with Crippen molar-refractivity contribution in [1.82, 2.24) is 8.75 Å². The Labute approximate surface area is 105 Å². The molecule has 3 nitrogen and oxygen atoms in total. The van der Waals surface area contributed by atoms with Crippen LogP contribution in [0.1, 0.15) is 5.56 Å². The molecular weight excluding hydrogens is 298 g/mol. The van der Waals surface area contributed by atoms with Crippen molar-refractivity contribution in [2.24, 2.45) is 0 Å². The third kappa shape index (κ3) is 2.48. The van der Waals surface area contributed by atoms with Crippen LogP contribution < -0.4 is 5.32 Å². The van der Waals surface area contributed by atoms with E-state index in [4.69, 9.17) is 11.6 Å². The third-order valence-electron chi connectivity index (χ3n) is 1.83. The summed E-state index contributed by atoms with van der Waals surface area (Å²) >= 11 is 10.4. The van der Waals surface area contributed by atoms with Crippen LogP contribution in [0.25, 0.3) is 0 Å². The predicted molar refractivity (Wildman–Crippen MR) is 67.1 cm³/mol. The normalized spacial score (nSPS) is 10.3. The van der Waals surface area contributed by atoms with E-state index in [0.29, 0.717) is 11.0 Å². The van der Waals surface area contributed by atoms with Crippen LogP contribution in [0.4, 0.5) is 11.5 Å².